The van der Waals surface area contributed by atoms with Gasteiger partial charge in [-0.15, -0.1) is 0 Å². The summed E-state index contributed by atoms with van der Waals surface area (Å²) >= 11 is 0. The molecule has 1 aliphatic carbocycles. The van der Waals surface area contributed by atoms with Gasteiger partial charge in [0.25, 0.3) is 0 Å². The molecule has 0 aromatic carbocycles. The first-order valence-corrected chi connectivity index (χ1v) is 8.01. The number of nitrogens with one attached hydrogen (secondary N) is 1. The van der Waals surface area contributed by atoms with Gasteiger partial charge in [0.1, 0.15) is 6.10 Å². The molecule has 2 N–H and O–H groups in total. The molecule has 1 aliphatic heterocycles. The summed E-state index contributed by atoms with van der Waals surface area (Å²) in [5.74, 6) is -1.17. The SMILES string of the molecule is CCCCCOC1C(O)C(C(=O)OCC)CC2NC(=O)OC21. The van der Waals surface area contributed by atoms with E-state index in [4.69, 9.17) is 14.2 Å². The van der Waals surface area contributed by atoms with Gasteiger partial charge in [0.05, 0.1) is 24.7 Å². The van der Waals surface area contributed by atoms with Crippen LogP contribution in [-0.4, -0.2) is 54.7 Å². The van der Waals surface area contributed by atoms with Gasteiger partial charge in [-0.1, -0.05) is 19.8 Å². The van der Waals surface area contributed by atoms with Crippen LogP contribution in [0, 0.1) is 5.92 Å². The summed E-state index contributed by atoms with van der Waals surface area (Å²) in [5.41, 5.74) is 0. The standard InChI is InChI=1S/C15H25NO6/c1-3-5-6-7-21-13-11(17)9(14(18)20-4-2)8-10-12(13)22-15(19)16-10/h9-13,17H,3-8H2,1-2H3,(H,16,19). The zero-order valence-corrected chi connectivity index (χ0v) is 13.1. The fourth-order valence-corrected chi connectivity index (χ4v) is 3.05. The van der Waals surface area contributed by atoms with Crippen LogP contribution in [0.4, 0.5) is 4.79 Å². The summed E-state index contributed by atoms with van der Waals surface area (Å²) in [6, 6.07) is -0.332. The number of aliphatic hydroxyl groups is 1. The minimum absolute atomic E-state index is 0.251. The van der Waals surface area contributed by atoms with Gasteiger partial charge in [-0.05, 0) is 19.8 Å². The molecule has 7 heteroatoms. The molecule has 0 radical (unpaired) electrons. The van der Waals surface area contributed by atoms with E-state index in [1.165, 1.54) is 0 Å². The van der Waals surface area contributed by atoms with E-state index >= 15 is 0 Å². The fraction of sp³-hybridized carbons (Fsp3) is 0.867. The van der Waals surface area contributed by atoms with Crippen molar-refractivity contribution in [2.75, 3.05) is 13.2 Å². The molecular formula is C15H25NO6. The maximum Gasteiger partial charge on any atom is 0.407 e. The zero-order valence-electron chi connectivity index (χ0n) is 13.1. The number of unbranched alkanes of at least 4 members (excludes halogenated alkanes) is 2. The van der Waals surface area contributed by atoms with Crippen LogP contribution in [0.25, 0.3) is 0 Å². The fourth-order valence-electron chi connectivity index (χ4n) is 3.05. The van der Waals surface area contributed by atoms with E-state index in [0.717, 1.165) is 19.3 Å². The third kappa shape index (κ3) is 3.70. The molecule has 126 valence electrons. The van der Waals surface area contributed by atoms with Crippen molar-refractivity contribution in [2.45, 2.75) is 63.9 Å². The first-order chi connectivity index (χ1) is 10.6. The highest BCUT2D eigenvalue weighted by Crippen LogP contribution is 2.33. The molecule has 5 atom stereocenters. The molecule has 22 heavy (non-hydrogen) atoms. The average molecular weight is 315 g/mol. The number of amides is 1. The zero-order chi connectivity index (χ0) is 16.1. The minimum Gasteiger partial charge on any atom is -0.466 e. The van der Waals surface area contributed by atoms with Gasteiger partial charge in [0.2, 0.25) is 0 Å². The number of ether oxygens (including phenoxy) is 3. The second-order valence-electron chi connectivity index (χ2n) is 5.75. The normalized spacial score (nSPS) is 33.8. The summed E-state index contributed by atoms with van der Waals surface area (Å²) in [5, 5.41) is 13.1. The van der Waals surface area contributed by atoms with Crippen molar-refractivity contribution in [1.82, 2.24) is 5.32 Å². The van der Waals surface area contributed by atoms with Crippen LogP contribution in [0.15, 0.2) is 0 Å². The topological polar surface area (TPSA) is 94.1 Å². The molecule has 1 saturated heterocycles. The van der Waals surface area contributed by atoms with Crippen LogP contribution >= 0.6 is 0 Å². The lowest BCUT2D eigenvalue weighted by molar-refractivity contribution is -0.172. The lowest BCUT2D eigenvalue weighted by Crippen LogP contribution is -2.57. The molecule has 0 bridgehead atoms. The van der Waals surface area contributed by atoms with Crippen LogP contribution in [0.3, 0.4) is 0 Å². The van der Waals surface area contributed by atoms with Crippen molar-refractivity contribution in [3.05, 3.63) is 0 Å². The molecule has 0 aromatic heterocycles. The Morgan fingerprint density at radius 1 is 1.41 bits per heavy atom. The molecule has 5 unspecified atom stereocenters. The van der Waals surface area contributed by atoms with E-state index in [9.17, 15) is 14.7 Å². The summed E-state index contributed by atoms with van der Waals surface area (Å²) < 4.78 is 16.0. The lowest BCUT2D eigenvalue weighted by atomic mass is 9.79. The summed E-state index contributed by atoms with van der Waals surface area (Å²) in [7, 11) is 0. The number of alkyl carbamates (subject to hydrolysis) is 1. The molecule has 2 rings (SSSR count). The highest BCUT2D eigenvalue weighted by molar-refractivity contribution is 5.75. The second-order valence-corrected chi connectivity index (χ2v) is 5.75. The van der Waals surface area contributed by atoms with Crippen LogP contribution < -0.4 is 5.32 Å². The number of hydrogen-bond acceptors (Lipinski definition) is 6. The summed E-state index contributed by atoms with van der Waals surface area (Å²) in [6.07, 6.45) is 0.413. The van der Waals surface area contributed by atoms with Gasteiger partial charge in [0.15, 0.2) is 6.10 Å². The largest absolute Gasteiger partial charge is 0.466 e. The molecule has 2 fully saturated rings. The summed E-state index contributed by atoms with van der Waals surface area (Å²) in [6.45, 7) is 4.52. The molecule has 1 amide bonds. The predicted octanol–water partition coefficient (Wildman–Crippen LogP) is 0.983. The highest BCUT2D eigenvalue weighted by Gasteiger charge is 2.53. The van der Waals surface area contributed by atoms with Crippen molar-refractivity contribution in [3.63, 3.8) is 0 Å². The van der Waals surface area contributed by atoms with Gasteiger partial charge >= 0.3 is 12.1 Å². The Kier molecular flexibility index (Phi) is 6.02. The molecule has 1 saturated carbocycles. The monoisotopic (exact) mass is 315 g/mol. The number of fused-ring (bicyclic) bond motifs is 1. The van der Waals surface area contributed by atoms with E-state index in [-0.39, 0.29) is 12.6 Å². The Morgan fingerprint density at radius 3 is 2.86 bits per heavy atom. The second kappa shape index (κ2) is 7.78. The number of hydrogen-bond donors (Lipinski definition) is 2. The third-order valence-electron chi connectivity index (χ3n) is 4.17. The van der Waals surface area contributed by atoms with Crippen LogP contribution in [0.2, 0.25) is 0 Å². The first-order valence-electron chi connectivity index (χ1n) is 8.01. The van der Waals surface area contributed by atoms with E-state index in [1.54, 1.807) is 6.92 Å². The Balaban J connectivity index is 2.04. The van der Waals surface area contributed by atoms with Gasteiger partial charge < -0.3 is 24.6 Å². The van der Waals surface area contributed by atoms with Crippen molar-refractivity contribution < 1.29 is 28.9 Å². The smallest absolute Gasteiger partial charge is 0.407 e. The van der Waals surface area contributed by atoms with Gasteiger partial charge in [-0.3, -0.25) is 4.79 Å². The number of rotatable bonds is 7. The molecular weight excluding hydrogens is 290 g/mol. The first kappa shape index (κ1) is 17.0. The van der Waals surface area contributed by atoms with E-state index in [1.807, 2.05) is 0 Å². The van der Waals surface area contributed by atoms with E-state index < -0.39 is 36.3 Å². The van der Waals surface area contributed by atoms with Crippen molar-refractivity contribution >= 4 is 12.1 Å². The molecule has 0 spiro atoms. The Bertz CT molecular complexity index is 401. The maximum atomic E-state index is 12.0. The number of carbonyl (C=O) groups excluding carboxylic acids is 2. The van der Waals surface area contributed by atoms with Crippen LogP contribution in [-0.2, 0) is 19.0 Å². The van der Waals surface area contributed by atoms with Crippen LogP contribution in [0.1, 0.15) is 39.5 Å². The van der Waals surface area contributed by atoms with E-state index in [2.05, 4.69) is 12.2 Å². The molecule has 2 aliphatic rings. The highest BCUT2D eigenvalue weighted by atomic mass is 16.6. The lowest BCUT2D eigenvalue weighted by Gasteiger charge is -2.38. The Hall–Kier alpha value is -1.34. The molecule has 7 nitrogen and oxygen atoms in total. The van der Waals surface area contributed by atoms with Gasteiger partial charge in [-0.2, -0.15) is 0 Å². The van der Waals surface area contributed by atoms with Crippen LogP contribution in [0.5, 0.6) is 0 Å². The Labute approximate surface area is 130 Å². The van der Waals surface area contributed by atoms with E-state index in [0.29, 0.717) is 13.0 Å². The number of esters is 1. The van der Waals surface area contributed by atoms with Crippen molar-refractivity contribution in [1.29, 1.82) is 0 Å². The quantitative estimate of drug-likeness (QED) is 0.537. The average Bonchev–Trinajstić information content (AvgIpc) is 2.85. The molecule has 1 heterocycles. The molecule has 0 aromatic rings. The summed E-state index contributed by atoms with van der Waals surface area (Å²) in [4.78, 5) is 23.5. The van der Waals surface area contributed by atoms with Gasteiger partial charge in [-0.25, -0.2) is 4.79 Å². The van der Waals surface area contributed by atoms with Gasteiger partial charge in [0, 0.05) is 6.61 Å². The van der Waals surface area contributed by atoms with Crippen molar-refractivity contribution in [2.24, 2.45) is 5.92 Å². The predicted molar refractivity (Wildman–Crippen MR) is 77.2 cm³/mol. The number of aliphatic hydroxyl groups excluding tert-OH is 1. The van der Waals surface area contributed by atoms with Crippen molar-refractivity contribution in [3.8, 4) is 0 Å². The maximum absolute atomic E-state index is 12.0. The minimum atomic E-state index is -1.03. The Morgan fingerprint density at radius 2 is 2.18 bits per heavy atom. The number of carbonyl (C=O) groups is 2. The third-order valence-corrected chi connectivity index (χ3v) is 4.17.